The van der Waals surface area contributed by atoms with Crippen molar-refractivity contribution in [1.29, 1.82) is 0 Å². The monoisotopic (exact) mass is 875 g/mol. The van der Waals surface area contributed by atoms with Gasteiger partial charge in [-0.1, -0.05) is 97.1 Å². The molecule has 0 N–H and O–H groups in total. The van der Waals surface area contributed by atoms with E-state index in [0.29, 0.717) is 15.5 Å². The summed E-state index contributed by atoms with van der Waals surface area (Å²) >= 11 is -2.24. The minimum Gasteiger partial charge on any atom is -0.0619 e. The molecule has 0 aliphatic heterocycles. The molecule has 247 valence electrons. The van der Waals surface area contributed by atoms with Crippen LogP contribution in [0.3, 0.4) is 0 Å². The molecule has 4 aliphatic carbocycles. The summed E-state index contributed by atoms with van der Waals surface area (Å²) in [5, 5.41) is 0. The Hall–Kier alpha value is -1.75. The molecule has 4 aliphatic rings. The third kappa shape index (κ3) is 7.87. The number of hydrogen-bond acceptors (Lipinski definition) is 0. The van der Waals surface area contributed by atoms with Crippen LogP contribution in [-0.4, -0.2) is 0 Å². The minimum absolute atomic E-state index is 0. The Kier molecular flexibility index (Phi) is 11.3. The molecular formula is C43H39Cl4Zr2. The first kappa shape index (κ1) is 38.5. The van der Waals surface area contributed by atoms with Crippen LogP contribution in [0.4, 0.5) is 0 Å². The van der Waals surface area contributed by atoms with Gasteiger partial charge in [-0.05, 0) is 44.5 Å². The molecule has 0 fully saturated rings. The van der Waals surface area contributed by atoms with E-state index in [-0.39, 0.29) is 24.8 Å². The third-order valence-electron chi connectivity index (χ3n) is 9.87. The Morgan fingerprint density at radius 3 is 1.24 bits per heavy atom. The van der Waals surface area contributed by atoms with E-state index in [1.54, 1.807) is 24.7 Å². The van der Waals surface area contributed by atoms with Crippen molar-refractivity contribution in [3.63, 3.8) is 0 Å². The largest absolute Gasteiger partial charge is 0.0619 e. The predicted molar refractivity (Wildman–Crippen MR) is 197 cm³/mol. The van der Waals surface area contributed by atoms with E-state index in [4.69, 9.17) is 17.0 Å². The number of halogens is 4. The zero-order valence-electron chi connectivity index (χ0n) is 27.9. The maximum atomic E-state index is 6.51. The summed E-state index contributed by atoms with van der Waals surface area (Å²) in [7, 11) is 13.0. The molecule has 0 bridgehead atoms. The Morgan fingerprint density at radius 2 is 0.918 bits per heavy atom. The molecule has 0 heterocycles. The number of fused-ring (bicyclic) bond motifs is 7. The first-order valence-electron chi connectivity index (χ1n) is 16.5. The smallest absolute Gasteiger partial charge is 0.0211 e. The Morgan fingerprint density at radius 1 is 0.551 bits per heavy atom. The van der Waals surface area contributed by atoms with E-state index in [1.165, 1.54) is 58.9 Å². The van der Waals surface area contributed by atoms with Gasteiger partial charge in [0.05, 0.1) is 0 Å². The predicted octanol–water partition coefficient (Wildman–Crippen LogP) is 7.43. The van der Waals surface area contributed by atoms with Gasteiger partial charge in [0.2, 0.25) is 0 Å². The fourth-order valence-corrected chi connectivity index (χ4v) is 14.0. The molecule has 0 saturated carbocycles. The van der Waals surface area contributed by atoms with Gasteiger partial charge in [0.25, 0.3) is 0 Å². The van der Waals surface area contributed by atoms with Crippen molar-refractivity contribution in [1.82, 2.24) is 0 Å². The van der Waals surface area contributed by atoms with Crippen LogP contribution < -0.4 is 24.8 Å². The SMILES string of the molecule is [CH3][Zr]([CH3])([CH3])([Cl])([Cl])[C]1=CC=CC1.[Cl-].[Cl-].[Zr+2][CH]1C=Cc2ccccc21.c1ccc2c(c1)-c1ccccc1C2C1c2ccccc2-c2ccccc21. The maximum Gasteiger partial charge on any atom is 0.0211 e. The quantitative estimate of drug-likeness (QED) is 0.173. The molecule has 0 aromatic heterocycles. The van der Waals surface area contributed by atoms with Gasteiger partial charge in [-0.3, -0.25) is 0 Å². The number of hydrogen-bond donors (Lipinski definition) is 0. The summed E-state index contributed by atoms with van der Waals surface area (Å²) in [6.07, 6.45) is 11.6. The summed E-state index contributed by atoms with van der Waals surface area (Å²) < 4.78 is 8.05. The topological polar surface area (TPSA) is 0 Å². The van der Waals surface area contributed by atoms with E-state index in [0.717, 1.165) is 6.42 Å². The van der Waals surface area contributed by atoms with Crippen molar-refractivity contribution in [2.45, 2.75) is 35.8 Å². The number of benzene rings is 5. The molecule has 49 heavy (non-hydrogen) atoms. The van der Waals surface area contributed by atoms with Gasteiger partial charge in [-0.15, -0.1) is 0 Å². The molecule has 1 unspecified atom stereocenters. The summed E-state index contributed by atoms with van der Waals surface area (Å²) in [5.41, 5.74) is 14.4. The van der Waals surface area contributed by atoms with E-state index < -0.39 is 14.9 Å². The van der Waals surface area contributed by atoms with Crippen LogP contribution in [0.2, 0.25) is 13.9 Å². The molecular weight excluding hydrogens is 841 g/mol. The third-order valence-corrected chi connectivity index (χ3v) is 20.8. The Balaban J connectivity index is 0.000000170. The van der Waals surface area contributed by atoms with Crippen LogP contribution in [0.15, 0.2) is 149 Å². The van der Waals surface area contributed by atoms with Gasteiger partial charge in [-0.2, -0.15) is 0 Å². The van der Waals surface area contributed by atoms with Gasteiger partial charge in [0.15, 0.2) is 0 Å². The van der Waals surface area contributed by atoms with Crippen molar-refractivity contribution >= 4 is 23.1 Å². The molecule has 0 nitrogen and oxygen atoms in total. The number of allylic oxidation sites excluding steroid dienone is 5. The second-order valence-electron chi connectivity index (χ2n) is 14.7. The normalized spacial score (nSPS) is 17.5. The molecule has 0 amide bonds. The van der Waals surface area contributed by atoms with Crippen molar-refractivity contribution in [2.24, 2.45) is 0 Å². The van der Waals surface area contributed by atoms with E-state index in [2.05, 4.69) is 146 Å². The van der Waals surface area contributed by atoms with Crippen molar-refractivity contribution in [3.05, 3.63) is 182 Å². The minimum atomic E-state index is -3.83. The molecule has 6 heteroatoms. The van der Waals surface area contributed by atoms with E-state index in [9.17, 15) is 0 Å². The van der Waals surface area contributed by atoms with Crippen LogP contribution in [0, 0.1) is 0 Å². The molecule has 0 saturated heterocycles. The molecule has 5 aromatic carbocycles. The summed E-state index contributed by atoms with van der Waals surface area (Å²) in [6.45, 7) is 0. The first-order valence-corrected chi connectivity index (χ1v) is 32.9. The Labute approximate surface area is 324 Å². The number of rotatable bonds is 2. The van der Waals surface area contributed by atoms with E-state index >= 15 is 0 Å². The van der Waals surface area contributed by atoms with Crippen molar-refractivity contribution in [3.8, 4) is 22.3 Å². The molecule has 9 rings (SSSR count). The standard InChI is InChI=1S/C26H18.C9H7.C5H5.3CH3.4ClH.2Zr/c1-5-13-21-17(9-1)18-10-2-6-14-22(18)25(21)26-23-15-7-3-11-19(23)20-12-4-8-16-24(20)26;1-2-5-9-7-3-6-8(9)4-1;1-2-4-5-3-1;;;;;;;;;/h1-16,25-26H;1-7H;1-3H,4H2;3*1H3;4*1H;;/q;;;;;;;;;;2*+2/p-4. The molecule has 0 radical (unpaired) electrons. The molecule has 0 spiro atoms. The maximum absolute atomic E-state index is 6.51. The molecule has 1 atom stereocenters. The average molecular weight is 880 g/mol. The fourth-order valence-electron chi connectivity index (χ4n) is 7.50. The second-order valence-corrected chi connectivity index (χ2v) is 54.8. The summed E-state index contributed by atoms with van der Waals surface area (Å²) in [6, 6.07) is 44.4. The first-order chi connectivity index (χ1) is 22.4. The van der Waals surface area contributed by atoms with Crippen LogP contribution in [0.5, 0.6) is 0 Å². The molecule has 5 aromatic rings. The van der Waals surface area contributed by atoms with Crippen LogP contribution >= 0.6 is 17.0 Å². The van der Waals surface area contributed by atoms with Crippen LogP contribution in [0.1, 0.15) is 55.3 Å². The van der Waals surface area contributed by atoms with Crippen LogP contribution in [-0.2, 0) is 39.6 Å². The van der Waals surface area contributed by atoms with Crippen molar-refractivity contribution < 1.29 is 64.4 Å². The van der Waals surface area contributed by atoms with Gasteiger partial charge < -0.3 is 24.8 Å². The second kappa shape index (κ2) is 14.3. The van der Waals surface area contributed by atoms with Gasteiger partial charge in [-0.25, -0.2) is 0 Å². The van der Waals surface area contributed by atoms with Gasteiger partial charge >= 0.3 is 150 Å². The van der Waals surface area contributed by atoms with Gasteiger partial charge in [0, 0.05) is 11.8 Å². The fraction of sp³-hybridized carbons (Fsp3) is 0.163. The van der Waals surface area contributed by atoms with Crippen molar-refractivity contribution in [2.75, 3.05) is 0 Å². The summed E-state index contributed by atoms with van der Waals surface area (Å²) in [4.78, 5) is 0. The Bertz CT molecular complexity index is 1910. The van der Waals surface area contributed by atoms with Gasteiger partial charge in [0.1, 0.15) is 0 Å². The van der Waals surface area contributed by atoms with E-state index in [1.807, 2.05) is 20.0 Å². The average Bonchev–Trinajstić information content (AvgIpc) is 3.86. The summed E-state index contributed by atoms with van der Waals surface area (Å²) in [5.74, 6) is 0.763. The van der Waals surface area contributed by atoms with Crippen LogP contribution in [0.25, 0.3) is 28.3 Å². The zero-order valence-corrected chi connectivity index (χ0v) is 35.8. The zero-order chi connectivity index (χ0) is 32.9.